The third-order valence-corrected chi connectivity index (χ3v) is 6.21. The van der Waals surface area contributed by atoms with Gasteiger partial charge < -0.3 is 10.2 Å². The molecule has 1 N–H and O–H groups in total. The lowest BCUT2D eigenvalue weighted by Crippen LogP contribution is -2.38. The summed E-state index contributed by atoms with van der Waals surface area (Å²) in [5.41, 5.74) is 0. The highest BCUT2D eigenvalue weighted by Crippen LogP contribution is 2.40. The van der Waals surface area contributed by atoms with Crippen molar-refractivity contribution in [3.63, 3.8) is 0 Å². The minimum absolute atomic E-state index is 0.0379. The molecule has 2 aliphatic heterocycles. The van der Waals surface area contributed by atoms with Gasteiger partial charge in [-0.15, -0.1) is 0 Å². The maximum Gasteiger partial charge on any atom is 0.226 e. The molecule has 0 radical (unpaired) electrons. The van der Waals surface area contributed by atoms with E-state index in [0.717, 1.165) is 25.9 Å². The van der Waals surface area contributed by atoms with Gasteiger partial charge in [0.05, 0.1) is 23.3 Å². The van der Waals surface area contributed by atoms with Crippen LogP contribution in [-0.2, 0) is 19.4 Å². The van der Waals surface area contributed by atoms with Gasteiger partial charge in [0, 0.05) is 19.1 Å². The standard InChI is InChI=1S/C13H20N2O4S/c16-12(14-9-3-6-20(18,19)8-9)10-7-11(10)13(17)15-4-1-2-5-15/h9-11H,1-8H2,(H,14,16). The van der Waals surface area contributed by atoms with E-state index in [0.29, 0.717) is 12.8 Å². The Labute approximate surface area is 118 Å². The smallest absolute Gasteiger partial charge is 0.226 e. The molecule has 1 saturated carbocycles. The highest BCUT2D eigenvalue weighted by molar-refractivity contribution is 7.91. The van der Waals surface area contributed by atoms with Crippen molar-refractivity contribution in [2.45, 2.75) is 31.7 Å². The molecule has 2 amide bonds. The lowest BCUT2D eigenvalue weighted by Gasteiger charge is -2.15. The molecule has 112 valence electrons. The van der Waals surface area contributed by atoms with Crippen LogP contribution in [0.2, 0.25) is 0 Å². The van der Waals surface area contributed by atoms with Crippen LogP contribution in [0.25, 0.3) is 0 Å². The fourth-order valence-corrected chi connectivity index (χ4v) is 4.82. The van der Waals surface area contributed by atoms with E-state index < -0.39 is 9.84 Å². The maximum absolute atomic E-state index is 12.1. The second kappa shape index (κ2) is 5.02. The fourth-order valence-electron chi connectivity index (χ4n) is 3.15. The Morgan fingerprint density at radius 1 is 1.10 bits per heavy atom. The molecule has 3 unspecified atom stereocenters. The predicted octanol–water partition coefficient (Wildman–Crippen LogP) is -0.452. The van der Waals surface area contributed by atoms with Crippen LogP contribution in [0.5, 0.6) is 0 Å². The van der Waals surface area contributed by atoms with Gasteiger partial charge in [-0.3, -0.25) is 9.59 Å². The van der Waals surface area contributed by atoms with Crippen molar-refractivity contribution in [2.24, 2.45) is 11.8 Å². The zero-order chi connectivity index (χ0) is 14.3. The molecule has 1 aliphatic carbocycles. The largest absolute Gasteiger partial charge is 0.352 e. The molecule has 7 heteroatoms. The molecule has 0 spiro atoms. The molecule has 2 heterocycles. The molecule has 0 aromatic heterocycles. The van der Waals surface area contributed by atoms with E-state index in [-0.39, 0.29) is 41.2 Å². The molecule has 6 nitrogen and oxygen atoms in total. The highest BCUT2D eigenvalue weighted by Gasteiger charge is 2.50. The number of carbonyl (C=O) groups excluding carboxylic acids is 2. The van der Waals surface area contributed by atoms with Gasteiger partial charge in [0.25, 0.3) is 0 Å². The maximum atomic E-state index is 12.1. The molecule has 0 aromatic carbocycles. The second-order valence-corrected chi connectivity index (χ2v) is 8.32. The van der Waals surface area contributed by atoms with E-state index in [4.69, 9.17) is 0 Å². The molecule has 20 heavy (non-hydrogen) atoms. The summed E-state index contributed by atoms with van der Waals surface area (Å²) >= 11 is 0. The van der Waals surface area contributed by atoms with Gasteiger partial charge in [0.2, 0.25) is 11.8 Å². The van der Waals surface area contributed by atoms with Crippen LogP contribution in [-0.4, -0.2) is 55.8 Å². The first kappa shape index (κ1) is 13.9. The number of likely N-dealkylation sites (tertiary alicyclic amines) is 1. The Hall–Kier alpha value is -1.11. The van der Waals surface area contributed by atoms with Crippen LogP contribution in [0.3, 0.4) is 0 Å². The number of nitrogens with one attached hydrogen (secondary N) is 1. The van der Waals surface area contributed by atoms with E-state index in [1.807, 2.05) is 4.90 Å². The van der Waals surface area contributed by atoms with Crippen molar-refractivity contribution in [1.82, 2.24) is 10.2 Å². The summed E-state index contributed by atoms with van der Waals surface area (Å²) in [4.78, 5) is 26.0. The van der Waals surface area contributed by atoms with Gasteiger partial charge in [0.15, 0.2) is 9.84 Å². The molecule has 3 atom stereocenters. The molecular formula is C13H20N2O4S. The summed E-state index contributed by atoms with van der Waals surface area (Å²) in [6.45, 7) is 1.62. The summed E-state index contributed by atoms with van der Waals surface area (Å²) in [5, 5.41) is 2.78. The highest BCUT2D eigenvalue weighted by atomic mass is 32.2. The Morgan fingerprint density at radius 2 is 1.80 bits per heavy atom. The monoisotopic (exact) mass is 300 g/mol. The van der Waals surface area contributed by atoms with Crippen molar-refractivity contribution in [3.05, 3.63) is 0 Å². The summed E-state index contributed by atoms with van der Waals surface area (Å²) < 4.78 is 22.7. The van der Waals surface area contributed by atoms with Crippen LogP contribution in [0.4, 0.5) is 0 Å². The average Bonchev–Trinajstić information content (AvgIpc) is 2.84. The molecule has 0 aromatic rings. The minimum Gasteiger partial charge on any atom is -0.352 e. The normalized spacial score (nSPS) is 35.0. The number of rotatable bonds is 3. The third-order valence-electron chi connectivity index (χ3n) is 4.44. The summed E-state index contributed by atoms with van der Waals surface area (Å²) in [6.07, 6.45) is 3.21. The zero-order valence-electron chi connectivity index (χ0n) is 11.4. The number of hydrogen-bond acceptors (Lipinski definition) is 4. The van der Waals surface area contributed by atoms with Crippen LogP contribution in [0.15, 0.2) is 0 Å². The van der Waals surface area contributed by atoms with E-state index in [1.165, 1.54) is 0 Å². The topological polar surface area (TPSA) is 83.5 Å². The van der Waals surface area contributed by atoms with Crippen molar-refractivity contribution >= 4 is 21.7 Å². The van der Waals surface area contributed by atoms with Crippen molar-refractivity contribution < 1.29 is 18.0 Å². The molecule has 2 saturated heterocycles. The first-order valence-electron chi connectivity index (χ1n) is 7.26. The van der Waals surface area contributed by atoms with E-state index >= 15 is 0 Å². The fraction of sp³-hybridized carbons (Fsp3) is 0.846. The summed E-state index contributed by atoms with van der Waals surface area (Å²) in [7, 11) is -2.98. The Kier molecular flexibility index (Phi) is 3.48. The first-order chi connectivity index (χ1) is 9.46. The zero-order valence-corrected chi connectivity index (χ0v) is 12.2. The summed E-state index contributed by atoms with van der Waals surface area (Å²) in [6, 6.07) is -0.268. The molecule has 3 aliphatic rings. The van der Waals surface area contributed by atoms with E-state index in [2.05, 4.69) is 5.32 Å². The predicted molar refractivity (Wildman–Crippen MR) is 72.6 cm³/mol. The van der Waals surface area contributed by atoms with Crippen molar-refractivity contribution in [1.29, 1.82) is 0 Å². The van der Waals surface area contributed by atoms with Gasteiger partial charge in [-0.1, -0.05) is 0 Å². The number of sulfone groups is 1. The SMILES string of the molecule is O=C(NC1CCS(=O)(=O)C1)C1CC1C(=O)N1CCCC1. The summed E-state index contributed by atoms with van der Waals surface area (Å²) in [5.74, 6) is -0.279. The lowest BCUT2D eigenvalue weighted by molar-refractivity contribution is -0.133. The number of amides is 2. The number of carbonyl (C=O) groups is 2. The van der Waals surface area contributed by atoms with Crippen LogP contribution < -0.4 is 5.32 Å². The minimum atomic E-state index is -2.98. The Morgan fingerprint density at radius 3 is 2.40 bits per heavy atom. The van der Waals surface area contributed by atoms with Gasteiger partial charge in [-0.25, -0.2) is 8.42 Å². The van der Waals surface area contributed by atoms with Gasteiger partial charge in [0.1, 0.15) is 0 Å². The Bertz CT molecular complexity index is 524. The van der Waals surface area contributed by atoms with E-state index in [9.17, 15) is 18.0 Å². The van der Waals surface area contributed by atoms with Crippen molar-refractivity contribution in [2.75, 3.05) is 24.6 Å². The van der Waals surface area contributed by atoms with Crippen molar-refractivity contribution in [3.8, 4) is 0 Å². The second-order valence-electron chi connectivity index (χ2n) is 6.09. The van der Waals surface area contributed by atoms with E-state index in [1.54, 1.807) is 0 Å². The Balaban J connectivity index is 1.49. The van der Waals surface area contributed by atoms with Gasteiger partial charge >= 0.3 is 0 Å². The van der Waals surface area contributed by atoms with Crippen LogP contribution >= 0.6 is 0 Å². The van der Waals surface area contributed by atoms with Crippen LogP contribution in [0, 0.1) is 11.8 Å². The quantitative estimate of drug-likeness (QED) is 0.765. The molecule has 3 fully saturated rings. The van der Waals surface area contributed by atoms with Crippen LogP contribution in [0.1, 0.15) is 25.7 Å². The van der Waals surface area contributed by atoms with Gasteiger partial charge in [-0.05, 0) is 25.7 Å². The molecular weight excluding hydrogens is 280 g/mol. The molecule has 0 bridgehead atoms. The average molecular weight is 300 g/mol. The lowest BCUT2D eigenvalue weighted by atomic mass is 10.2. The third kappa shape index (κ3) is 2.82. The number of hydrogen-bond donors (Lipinski definition) is 1. The number of nitrogens with zero attached hydrogens (tertiary/aromatic N) is 1. The van der Waals surface area contributed by atoms with Gasteiger partial charge in [-0.2, -0.15) is 0 Å². The molecule has 3 rings (SSSR count). The first-order valence-corrected chi connectivity index (χ1v) is 9.08.